The van der Waals surface area contributed by atoms with Gasteiger partial charge >= 0.3 is 0 Å². The highest BCUT2D eigenvalue weighted by Crippen LogP contribution is 2.16. The number of hydrogen-bond acceptors (Lipinski definition) is 4. The van der Waals surface area contributed by atoms with Crippen molar-refractivity contribution in [2.75, 3.05) is 5.32 Å². The van der Waals surface area contributed by atoms with E-state index in [1.807, 2.05) is 6.07 Å². The Labute approximate surface area is 101 Å². The first-order valence-corrected chi connectivity index (χ1v) is 5.65. The van der Waals surface area contributed by atoms with Crippen LogP contribution in [-0.2, 0) is 9.59 Å². The molecular weight excluding hydrogens is 274 g/mol. The summed E-state index contributed by atoms with van der Waals surface area (Å²) in [6.07, 6.45) is 4.17. The zero-order valence-electron chi connectivity index (χ0n) is 8.37. The van der Waals surface area contributed by atoms with Crippen molar-refractivity contribution in [3.05, 3.63) is 22.9 Å². The second kappa shape index (κ2) is 4.61. The van der Waals surface area contributed by atoms with E-state index in [0.29, 0.717) is 12.8 Å². The first-order chi connectivity index (χ1) is 7.65. The molecule has 0 spiro atoms. The number of piperidine rings is 1. The fourth-order valence-corrected chi connectivity index (χ4v) is 1.89. The minimum atomic E-state index is -0.367. The molecule has 1 saturated heterocycles. The summed E-state index contributed by atoms with van der Waals surface area (Å²) >= 11 is 3.29. The minimum absolute atomic E-state index is 0.213. The van der Waals surface area contributed by atoms with E-state index in [1.54, 1.807) is 12.4 Å². The van der Waals surface area contributed by atoms with Crippen LogP contribution in [0.4, 0.5) is 5.69 Å². The summed E-state index contributed by atoms with van der Waals surface area (Å²) in [4.78, 5) is 26.4. The highest BCUT2D eigenvalue weighted by Gasteiger charge is 2.26. The Morgan fingerprint density at radius 1 is 1.44 bits per heavy atom. The number of pyridine rings is 1. The Kier molecular flexibility index (Phi) is 3.19. The van der Waals surface area contributed by atoms with Gasteiger partial charge in [0.2, 0.25) is 11.8 Å². The van der Waals surface area contributed by atoms with E-state index in [9.17, 15) is 9.59 Å². The number of nitrogens with zero attached hydrogens (tertiary/aromatic N) is 1. The minimum Gasteiger partial charge on any atom is -0.372 e. The number of halogens is 1. The second-order valence-electron chi connectivity index (χ2n) is 3.54. The van der Waals surface area contributed by atoms with Crippen molar-refractivity contribution in [1.82, 2.24) is 10.3 Å². The Bertz CT molecular complexity index is 436. The van der Waals surface area contributed by atoms with Gasteiger partial charge in [-0.3, -0.25) is 19.9 Å². The van der Waals surface area contributed by atoms with Crippen molar-refractivity contribution in [2.24, 2.45) is 0 Å². The number of anilines is 1. The van der Waals surface area contributed by atoms with Crippen LogP contribution in [-0.4, -0.2) is 22.8 Å². The van der Waals surface area contributed by atoms with Crippen LogP contribution >= 0.6 is 15.9 Å². The standard InChI is InChI=1S/C10H10BrN3O2/c11-6-3-7(5-12-4-6)13-8-1-2-9(15)14-10(8)16/h3-5,8,13H,1-2H2,(H,14,15,16). The SMILES string of the molecule is O=C1CCC(Nc2cncc(Br)c2)C(=O)N1. The summed E-state index contributed by atoms with van der Waals surface area (Å²) in [5.74, 6) is -0.494. The van der Waals surface area contributed by atoms with Crippen LogP contribution in [0.5, 0.6) is 0 Å². The number of carbonyl (C=O) groups excluding carboxylic acids is 2. The van der Waals surface area contributed by atoms with Crippen LogP contribution in [0, 0.1) is 0 Å². The van der Waals surface area contributed by atoms with Crippen LogP contribution in [0.15, 0.2) is 22.9 Å². The summed E-state index contributed by atoms with van der Waals surface area (Å²) in [6.45, 7) is 0. The average Bonchev–Trinajstić information content (AvgIpc) is 2.22. The molecule has 1 fully saturated rings. The molecule has 1 unspecified atom stereocenters. The molecule has 84 valence electrons. The molecule has 2 rings (SSSR count). The van der Waals surface area contributed by atoms with Gasteiger partial charge in [-0.1, -0.05) is 0 Å². The largest absolute Gasteiger partial charge is 0.372 e. The fraction of sp³-hybridized carbons (Fsp3) is 0.300. The van der Waals surface area contributed by atoms with E-state index in [2.05, 4.69) is 31.5 Å². The average molecular weight is 284 g/mol. The zero-order chi connectivity index (χ0) is 11.5. The number of hydrogen-bond donors (Lipinski definition) is 2. The lowest BCUT2D eigenvalue weighted by Crippen LogP contribution is -2.47. The summed E-state index contributed by atoms with van der Waals surface area (Å²) < 4.78 is 0.838. The van der Waals surface area contributed by atoms with Crippen molar-refractivity contribution < 1.29 is 9.59 Å². The molecule has 2 amide bonds. The van der Waals surface area contributed by atoms with Gasteiger partial charge in [0.05, 0.1) is 11.9 Å². The molecule has 1 aliphatic heterocycles. The predicted octanol–water partition coefficient (Wildman–Crippen LogP) is 1.06. The van der Waals surface area contributed by atoms with Gasteiger partial charge in [0.15, 0.2) is 0 Å². The zero-order valence-corrected chi connectivity index (χ0v) is 9.95. The van der Waals surface area contributed by atoms with Crippen LogP contribution < -0.4 is 10.6 Å². The van der Waals surface area contributed by atoms with Gasteiger partial charge in [0.1, 0.15) is 6.04 Å². The van der Waals surface area contributed by atoms with Gasteiger partial charge in [-0.05, 0) is 28.4 Å². The number of amides is 2. The molecule has 2 N–H and O–H groups in total. The van der Waals surface area contributed by atoms with Crippen molar-refractivity contribution in [1.29, 1.82) is 0 Å². The van der Waals surface area contributed by atoms with Gasteiger partial charge in [-0.15, -0.1) is 0 Å². The first kappa shape index (κ1) is 11.1. The molecule has 1 aromatic heterocycles. The van der Waals surface area contributed by atoms with Gasteiger partial charge < -0.3 is 5.32 Å². The van der Waals surface area contributed by atoms with Crippen LogP contribution in [0.25, 0.3) is 0 Å². The summed E-state index contributed by atoms with van der Waals surface area (Å²) in [6, 6.07) is 1.46. The van der Waals surface area contributed by atoms with Gasteiger partial charge in [0.25, 0.3) is 0 Å². The first-order valence-electron chi connectivity index (χ1n) is 4.86. The number of carbonyl (C=O) groups is 2. The summed E-state index contributed by atoms with van der Waals surface area (Å²) in [5, 5.41) is 5.33. The molecule has 1 aromatic rings. The van der Waals surface area contributed by atoms with E-state index in [4.69, 9.17) is 0 Å². The lowest BCUT2D eigenvalue weighted by molar-refractivity contribution is -0.133. The van der Waals surface area contributed by atoms with Crippen LogP contribution in [0.2, 0.25) is 0 Å². The second-order valence-corrected chi connectivity index (χ2v) is 4.46. The van der Waals surface area contributed by atoms with Gasteiger partial charge in [-0.2, -0.15) is 0 Å². The Morgan fingerprint density at radius 3 is 2.94 bits per heavy atom. The highest BCUT2D eigenvalue weighted by atomic mass is 79.9. The maximum Gasteiger partial charge on any atom is 0.249 e. The maximum atomic E-state index is 11.5. The van der Waals surface area contributed by atoms with Crippen LogP contribution in [0.3, 0.4) is 0 Å². The fourth-order valence-electron chi connectivity index (χ4n) is 1.52. The van der Waals surface area contributed by atoms with E-state index >= 15 is 0 Å². The molecule has 0 bridgehead atoms. The van der Waals surface area contributed by atoms with Crippen molar-refractivity contribution in [2.45, 2.75) is 18.9 Å². The quantitative estimate of drug-likeness (QED) is 0.797. The third kappa shape index (κ3) is 2.57. The molecule has 1 atom stereocenters. The normalized spacial score (nSPS) is 20.4. The summed E-state index contributed by atoms with van der Waals surface area (Å²) in [5.41, 5.74) is 0.754. The molecule has 5 nitrogen and oxygen atoms in total. The molecule has 0 aliphatic carbocycles. The number of imide groups is 1. The molecule has 0 radical (unpaired) electrons. The highest BCUT2D eigenvalue weighted by molar-refractivity contribution is 9.10. The molecular formula is C10H10BrN3O2. The third-order valence-electron chi connectivity index (χ3n) is 2.28. The smallest absolute Gasteiger partial charge is 0.249 e. The van der Waals surface area contributed by atoms with Crippen molar-refractivity contribution in [3.63, 3.8) is 0 Å². The molecule has 0 saturated carbocycles. The Morgan fingerprint density at radius 2 is 2.25 bits per heavy atom. The predicted molar refractivity (Wildman–Crippen MR) is 61.7 cm³/mol. The van der Waals surface area contributed by atoms with E-state index in [-0.39, 0.29) is 17.9 Å². The molecule has 16 heavy (non-hydrogen) atoms. The number of rotatable bonds is 2. The van der Waals surface area contributed by atoms with E-state index in [0.717, 1.165) is 10.2 Å². The van der Waals surface area contributed by atoms with Crippen LogP contribution in [0.1, 0.15) is 12.8 Å². The molecule has 2 heterocycles. The topological polar surface area (TPSA) is 71.1 Å². The summed E-state index contributed by atoms with van der Waals surface area (Å²) in [7, 11) is 0. The monoisotopic (exact) mass is 283 g/mol. The lowest BCUT2D eigenvalue weighted by atomic mass is 10.1. The number of nitrogens with one attached hydrogen (secondary N) is 2. The molecule has 1 aliphatic rings. The van der Waals surface area contributed by atoms with Crippen molar-refractivity contribution >= 4 is 33.4 Å². The van der Waals surface area contributed by atoms with Gasteiger partial charge in [-0.25, -0.2) is 0 Å². The third-order valence-corrected chi connectivity index (χ3v) is 2.72. The van der Waals surface area contributed by atoms with Crippen molar-refractivity contribution in [3.8, 4) is 0 Å². The number of aromatic nitrogens is 1. The van der Waals surface area contributed by atoms with E-state index < -0.39 is 0 Å². The molecule has 6 heteroatoms. The van der Waals surface area contributed by atoms with E-state index in [1.165, 1.54) is 0 Å². The van der Waals surface area contributed by atoms with Gasteiger partial charge in [0, 0.05) is 17.1 Å². The lowest BCUT2D eigenvalue weighted by Gasteiger charge is -2.22. The maximum absolute atomic E-state index is 11.5. The Balaban J connectivity index is 2.05. The Hall–Kier alpha value is -1.43. The molecule has 0 aromatic carbocycles.